The molecule has 0 spiro atoms. The van der Waals surface area contributed by atoms with Gasteiger partial charge in [-0.3, -0.25) is 4.79 Å². The van der Waals surface area contributed by atoms with Gasteiger partial charge in [0.15, 0.2) is 6.29 Å². The van der Waals surface area contributed by atoms with E-state index in [-0.39, 0.29) is 0 Å². The third-order valence-corrected chi connectivity index (χ3v) is 4.78. The van der Waals surface area contributed by atoms with Gasteiger partial charge in [0, 0.05) is 14.6 Å². The summed E-state index contributed by atoms with van der Waals surface area (Å²) in [6.45, 7) is 2.21. The van der Waals surface area contributed by atoms with Gasteiger partial charge < -0.3 is 0 Å². The Morgan fingerprint density at radius 2 is 1.88 bits per heavy atom. The lowest BCUT2D eigenvalue weighted by atomic mass is 10.2. The lowest BCUT2D eigenvalue weighted by Crippen LogP contribution is -1.76. The monoisotopic (exact) mass is 250 g/mol. The third-order valence-electron chi connectivity index (χ3n) is 2.42. The van der Waals surface area contributed by atoms with Crippen molar-refractivity contribution in [1.82, 2.24) is 0 Å². The van der Waals surface area contributed by atoms with Crippen molar-refractivity contribution < 1.29 is 4.79 Å². The molecule has 0 saturated heterocycles. The number of aryl methyl sites for hydroxylation is 1. The van der Waals surface area contributed by atoms with E-state index in [0.717, 1.165) is 11.2 Å². The molecule has 0 bridgehead atoms. The minimum absolute atomic E-state index is 0.804. The number of thiophene rings is 2. The molecule has 2 rings (SSSR count). The normalized spacial score (nSPS) is 10.6. The summed E-state index contributed by atoms with van der Waals surface area (Å²) in [5.74, 6) is 0. The van der Waals surface area contributed by atoms with Crippen LogP contribution in [0.15, 0.2) is 24.3 Å². The molecule has 0 fully saturated rings. The zero-order valence-electron chi connectivity index (χ0n) is 9.23. The average Bonchev–Trinajstić information content (AvgIpc) is 2.94. The molecular formula is C13H14OS2. The molecule has 2 heterocycles. The zero-order valence-corrected chi connectivity index (χ0v) is 10.9. The Morgan fingerprint density at radius 1 is 1.12 bits per heavy atom. The molecule has 0 atom stereocenters. The zero-order chi connectivity index (χ0) is 11.4. The Kier molecular flexibility index (Phi) is 3.91. The van der Waals surface area contributed by atoms with Gasteiger partial charge in [0.05, 0.1) is 4.88 Å². The molecule has 0 unspecified atom stereocenters. The molecule has 1 nitrogen and oxygen atoms in total. The Morgan fingerprint density at radius 3 is 2.56 bits per heavy atom. The summed E-state index contributed by atoms with van der Waals surface area (Å²) in [6, 6.07) is 8.29. The highest BCUT2D eigenvalue weighted by molar-refractivity contribution is 7.22. The van der Waals surface area contributed by atoms with Crippen LogP contribution in [-0.2, 0) is 6.42 Å². The summed E-state index contributed by atoms with van der Waals surface area (Å²) >= 11 is 3.41. The van der Waals surface area contributed by atoms with Crippen molar-refractivity contribution in [3.63, 3.8) is 0 Å². The van der Waals surface area contributed by atoms with Crippen LogP contribution < -0.4 is 0 Å². The van der Waals surface area contributed by atoms with Crippen LogP contribution in [-0.4, -0.2) is 6.29 Å². The van der Waals surface area contributed by atoms with Gasteiger partial charge in [-0.05, 0) is 37.1 Å². The summed E-state index contributed by atoms with van der Waals surface area (Å²) < 4.78 is 0. The smallest absolute Gasteiger partial charge is 0.160 e. The Hall–Kier alpha value is -0.930. The van der Waals surface area contributed by atoms with E-state index in [1.807, 2.05) is 23.5 Å². The van der Waals surface area contributed by atoms with Crippen LogP contribution in [0.1, 0.15) is 34.3 Å². The lowest BCUT2D eigenvalue weighted by Gasteiger charge is -1.92. The van der Waals surface area contributed by atoms with E-state index >= 15 is 0 Å². The fraction of sp³-hybridized carbons (Fsp3) is 0.308. The van der Waals surface area contributed by atoms with Crippen molar-refractivity contribution in [3.8, 4) is 9.75 Å². The molecule has 0 aromatic carbocycles. The van der Waals surface area contributed by atoms with Gasteiger partial charge in [-0.2, -0.15) is 0 Å². The first-order chi connectivity index (χ1) is 7.83. The second-order valence-corrected chi connectivity index (χ2v) is 5.97. The van der Waals surface area contributed by atoms with Crippen LogP contribution in [0.5, 0.6) is 0 Å². The van der Waals surface area contributed by atoms with Crippen molar-refractivity contribution in [3.05, 3.63) is 34.0 Å². The number of unbranched alkanes of at least 4 members (excludes halogenated alkanes) is 1. The van der Waals surface area contributed by atoms with Crippen LogP contribution in [0.2, 0.25) is 0 Å². The maximum absolute atomic E-state index is 10.6. The second-order valence-electron chi connectivity index (χ2n) is 3.69. The first kappa shape index (κ1) is 11.6. The van der Waals surface area contributed by atoms with Gasteiger partial charge >= 0.3 is 0 Å². The van der Waals surface area contributed by atoms with Crippen molar-refractivity contribution in [2.45, 2.75) is 26.2 Å². The molecule has 3 heteroatoms. The third kappa shape index (κ3) is 2.60. The van der Waals surface area contributed by atoms with Crippen molar-refractivity contribution in [2.75, 3.05) is 0 Å². The quantitative estimate of drug-likeness (QED) is 0.707. The van der Waals surface area contributed by atoms with Gasteiger partial charge in [-0.25, -0.2) is 0 Å². The van der Waals surface area contributed by atoms with Crippen LogP contribution in [0.3, 0.4) is 0 Å². The van der Waals surface area contributed by atoms with E-state index in [2.05, 4.69) is 19.1 Å². The Balaban J connectivity index is 2.14. The fourth-order valence-electron chi connectivity index (χ4n) is 1.54. The molecule has 0 aliphatic heterocycles. The predicted molar refractivity (Wildman–Crippen MR) is 71.6 cm³/mol. The van der Waals surface area contributed by atoms with Crippen molar-refractivity contribution in [1.29, 1.82) is 0 Å². The first-order valence-electron chi connectivity index (χ1n) is 5.47. The highest BCUT2D eigenvalue weighted by Gasteiger charge is 2.05. The van der Waals surface area contributed by atoms with Crippen LogP contribution in [0.25, 0.3) is 9.75 Å². The topological polar surface area (TPSA) is 17.1 Å². The summed E-state index contributed by atoms with van der Waals surface area (Å²) in [6.07, 6.45) is 4.58. The van der Waals surface area contributed by atoms with E-state index in [9.17, 15) is 4.79 Å². The van der Waals surface area contributed by atoms with E-state index in [1.165, 1.54) is 33.9 Å². The number of carbonyl (C=O) groups is 1. The summed E-state index contributed by atoms with van der Waals surface area (Å²) in [4.78, 5) is 15.3. The van der Waals surface area contributed by atoms with Crippen LogP contribution in [0, 0.1) is 0 Å². The van der Waals surface area contributed by atoms with E-state index < -0.39 is 0 Å². The summed E-state index contributed by atoms with van der Waals surface area (Å²) in [7, 11) is 0. The maximum Gasteiger partial charge on any atom is 0.160 e. The highest BCUT2D eigenvalue weighted by atomic mass is 32.1. The standard InChI is InChI=1S/C13H14OS2/c1-2-3-4-10-5-7-12(15-10)13-8-6-11(9-14)16-13/h5-9H,2-4H2,1H3. The number of carbonyl (C=O) groups excluding carboxylic acids is 1. The molecule has 16 heavy (non-hydrogen) atoms. The van der Waals surface area contributed by atoms with E-state index in [4.69, 9.17) is 0 Å². The van der Waals surface area contributed by atoms with Gasteiger partial charge in [0.2, 0.25) is 0 Å². The van der Waals surface area contributed by atoms with Gasteiger partial charge in [-0.1, -0.05) is 13.3 Å². The molecular weight excluding hydrogens is 236 g/mol. The number of aldehydes is 1. The molecule has 84 valence electrons. The second kappa shape index (κ2) is 5.41. The van der Waals surface area contributed by atoms with Gasteiger partial charge in [0.1, 0.15) is 0 Å². The summed E-state index contributed by atoms with van der Waals surface area (Å²) in [5.41, 5.74) is 0. The van der Waals surface area contributed by atoms with Gasteiger partial charge in [0.25, 0.3) is 0 Å². The molecule has 0 radical (unpaired) electrons. The average molecular weight is 250 g/mol. The molecule has 0 saturated carbocycles. The maximum atomic E-state index is 10.6. The number of rotatable bonds is 5. The summed E-state index contributed by atoms with van der Waals surface area (Å²) in [5, 5.41) is 0. The van der Waals surface area contributed by atoms with Crippen molar-refractivity contribution in [2.24, 2.45) is 0 Å². The SMILES string of the molecule is CCCCc1ccc(-c2ccc(C=O)s2)s1. The van der Waals surface area contributed by atoms with Crippen LogP contribution in [0.4, 0.5) is 0 Å². The van der Waals surface area contributed by atoms with E-state index in [1.54, 1.807) is 11.3 Å². The number of hydrogen-bond acceptors (Lipinski definition) is 3. The minimum atomic E-state index is 0.804. The molecule has 2 aromatic rings. The van der Waals surface area contributed by atoms with Gasteiger partial charge in [-0.15, -0.1) is 22.7 Å². The molecule has 0 aliphatic rings. The highest BCUT2D eigenvalue weighted by Crippen LogP contribution is 2.33. The predicted octanol–water partition coefficient (Wildman–Crippen LogP) is 4.63. The number of hydrogen-bond donors (Lipinski definition) is 0. The van der Waals surface area contributed by atoms with Crippen molar-refractivity contribution >= 4 is 29.0 Å². The fourth-order valence-corrected chi connectivity index (χ4v) is 3.51. The lowest BCUT2D eigenvalue weighted by molar-refractivity contribution is 0.112. The molecule has 0 N–H and O–H groups in total. The molecule has 0 aliphatic carbocycles. The molecule has 0 amide bonds. The first-order valence-corrected chi connectivity index (χ1v) is 7.11. The Labute approximate surface area is 104 Å². The molecule has 2 aromatic heterocycles. The van der Waals surface area contributed by atoms with Crippen LogP contribution >= 0.6 is 22.7 Å². The Bertz CT molecular complexity index is 468. The largest absolute Gasteiger partial charge is 0.297 e. The van der Waals surface area contributed by atoms with E-state index in [0.29, 0.717) is 0 Å². The minimum Gasteiger partial charge on any atom is -0.297 e.